The second-order valence-corrected chi connectivity index (χ2v) is 8.63. The molecular weight excluding hydrogens is 350 g/mol. The Morgan fingerprint density at radius 3 is 2.17 bits per heavy atom. The van der Waals surface area contributed by atoms with Crippen LogP contribution in [0.5, 0.6) is 0 Å². The minimum Gasteiger partial charge on any atom is -0.335 e. The molecule has 3 rings (SSSR count). The average Bonchev–Trinajstić information content (AvgIpc) is 2.54. The maximum atomic E-state index is 12.6. The van der Waals surface area contributed by atoms with E-state index in [1.807, 2.05) is 23.1 Å². The van der Waals surface area contributed by atoms with Crippen LogP contribution in [0.2, 0.25) is 0 Å². The predicted octanol–water partition coefficient (Wildman–Crippen LogP) is 4.62. The van der Waals surface area contributed by atoms with E-state index in [2.05, 4.69) is 73.1 Å². The molecular formula is C20H22BrNO. The van der Waals surface area contributed by atoms with E-state index in [0.717, 1.165) is 5.56 Å². The number of halogens is 1. The fourth-order valence-corrected chi connectivity index (χ4v) is 3.76. The highest BCUT2D eigenvalue weighted by Crippen LogP contribution is 2.43. The van der Waals surface area contributed by atoms with Gasteiger partial charge in [0, 0.05) is 13.1 Å². The predicted molar refractivity (Wildman–Crippen MR) is 97.6 cm³/mol. The molecule has 2 nitrogen and oxygen atoms in total. The van der Waals surface area contributed by atoms with Crippen molar-refractivity contribution in [3.63, 3.8) is 0 Å². The van der Waals surface area contributed by atoms with Crippen molar-refractivity contribution in [1.82, 2.24) is 4.90 Å². The Labute approximate surface area is 146 Å². The van der Waals surface area contributed by atoms with Crippen LogP contribution in [0.25, 0.3) is 0 Å². The lowest BCUT2D eigenvalue weighted by molar-refractivity contribution is -0.145. The van der Waals surface area contributed by atoms with E-state index < -0.39 is 4.32 Å². The largest absolute Gasteiger partial charge is 0.335 e. The molecule has 0 aliphatic carbocycles. The minimum absolute atomic E-state index is 0.126. The Morgan fingerprint density at radius 2 is 1.65 bits per heavy atom. The number of β-lactam (4-membered cyclic amide) rings is 1. The molecule has 3 heteroatoms. The fraction of sp³-hybridized carbons (Fsp3) is 0.350. The van der Waals surface area contributed by atoms with Crippen LogP contribution in [0.1, 0.15) is 37.5 Å². The standard InChI is InChI=1S/C20H22BrNO/c1-19(2,3)16-9-11-17(12-10-16)20(21)14-22(18(20)23)13-15-7-5-4-6-8-15/h4-12H,13-14H2,1-3H3. The van der Waals surface area contributed by atoms with Gasteiger partial charge in [-0.05, 0) is 22.1 Å². The molecule has 1 atom stereocenters. The quantitative estimate of drug-likeness (QED) is 0.569. The van der Waals surface area contributed by atoms with Crippen LogP contribution in [0.15, 0.2) is 54.6 Å². The molecule has 1 aliphatic heterocycles. The summed E-state index contributed by atoms with van der Waals surface area (Å²) >= 11 is 3.68. The third-order valence-electron chi connectivity index (χ3n) is 4.46. The highest BCUT2D eigenvalue weighted by Gasteiger charge is 2.51. The van der Waals surface area contributed by atoms with Gasteiger partial charge in [0.25, 0.3) is 0 Å². The van der Waals surface area contributed by atoms with Gasteiger partial charge in [-0.2, -0.15) is 0 Å². The Bertz CT molecular complexity index is 703. The first-order valence-electron chi connectivity index (χ1n) is 7.94. The third kappa shape index (κ3) is 3.07. The molecule has 120 valence electrons. The topological polar surface area (TPSA) is 20.3 Å². The smallest absolute Gasteiger partial charge is 0.246 e. The summed E-state index contributed by atoms with van der Waals surface area (Å²) in [6.07, 6.45) is 0. The average molecular weight is 372 g/mol. The molecule has 1 amide bonds. The van der Waals surface area contributed by atoms with Gasteiger partial charge in [0.15, 0.2) is 0 Å². The highest BCUT2D eigenvalue weighted by atomic mass is 79.9. The summed E-state index contributed by atoms with van der Waals surface area (Å²) in [6, 6.07) is 18.5. The Kier molecular flexibility index (Phi) is 4.09. The van der Waals surface area contributed by atoms with Gasteiger partial charge in [0.2, 0.25) is 5.91 Å². The summed E-state index contributed by atoms with van der Waals surface area (Å²) in [5.41, 5.74) is 3.62. The molecule has 1 fully saturated rings. The van der Waals surface area contributed by atoms with Crippen molar-refractivity contribution >= 4 is 21.8 Å². The van der Waals surface area contributed by atoms with Gasteiger partial charge in [-0.15, -0.1) is 0 Å². The van der Waals surface area contributed by atoms with Crippen molar-refractivity contribution in [1.29, 1.82) is 0 Å². The zero-order valence-electron chi connectivity index (χ0n) is 13.8. The zero-order valence-corrected chi connectivity index (χ0v) is 15.4. The monoisotopic (exact) mass is 371 g/mol. The molecule has 0 radical (unpaired) electrons. The SMILES string of the molecule is CC(C)(C)c1ccc(C2(Br)CN(Cc3ccccc3)C2=O)cc1. The number of benzene rings is 2. The number of alkyl halides is 1. The van der Waals surface area contributed by atoms with Crippen molar-refractivity contribution in [2.24, 2.45) is 0 Å². The molecule has 1 saturated heterocycles. The number of carbonyl (C=O) groups excluding carboxylic acids is 1. The lowest BCUT2D eigenvalue weighted by Crippen LogP contribution is -2.60. The molecule has 1 unspecified atom stereocenters. The van der Waals surface area contributed by atoms with E-state index in [1.54, 1.807) is 0 Å². The van der Waals surface area contributed by atoms with E-state index in [1.165, 1.54) is 11.1 Å². The van der Waals surface area contributed by atoms with Gasteiger partial charge in [0.05, 0.1) is 0 Å². The van der Waals surface area contributed by atoms with Crippen LogP contribution in [0, 0.1) is 0 Å². The van der Waals surface area contributed by atoms with Gasteiger partial charge < -0.3 is 4.90 Å². The molecule has 23 heavy (non-hydrogen) atoms. The van der Waals surface area contributed by atoms with E-state index in [-0.39, 0.29) is 11.3 Å². The van der Waals surface area contributed by atoms with E-state index in [4.69, 9.17) is 0 Å². The fourth-order valence-electron chi connectivity index (χ4n) is 2.94. The minimum atomic E-state index is -0.557. The molecule has 0 N–H and O–H groups in total. The number of hydrogen-bond donors (Lipinski definition) is 0. The Morgan fingerprint density at radius 1 is 1.04 bits per heavy atom. The van der Waals surface area contributed by atoms with Crippen LogP contribution in [-0.2, 0) is 21.1 Å². The molecule has 0 bridgehead atoms. The van der Waals surface area contributed by atoms with Gasteiger partial charge in [-0.25, -0.2) is 0 Å². The van der Waals surface area contributed by atoms with Gasteiger partial charge in [-0.3, -0.25) is 4.79 Å². The molecule has 2 aromatic rings. The molecule has 2 aromatic carbocycles. The number of nitrogens with zero attached hydrogens (tertiary/aromatic N) is 1. The summed E-state index contributed by atoms with van der Waals surface area (Å²) in [4.78, 5) is 14.5. The van der Waals surface area contributed by atoms with Crippen LogP contribution in [-0.4, -0.2) is 17.4 Å². The molecule has 0 saturated carbocycles. The lowest BCUT2D eigenvalue weighted by Gasteiger charge is -2.45. The van der Waals surface area contributed by atoms with Crippen molar-refractivity contribution in [3.05, 3.63) is 71.3 Å². The van der Waals surface area contributed by atoms with Crippen LogP contribution < -0.4 is 0 Å². The van der Waals surface area contributed by atoms with E-state index >= 15 is 0 Å². The first kappa shape index (κ1) is 16.3. The number of rotatable bonds is 3. The summed E-state index contributed by atoms with van der Waals surface area (Å²) in [6.45, 7) is 7.97. The molecule has 0 spiro atoms. The summed E-state index contributed by atoms with van der Waals surface area (Å²) < 4.78 is -0.557. The summed E-state index contributed by atoms with van der Waals surface area (Å²) in [5.74, 6) is 0.143. The second kappa shape index (κ2) is 5.79. The summed E-state index contributed by atoms with van der Waals surface area (Å²) in [5, 5.41) is 0. The zero-order chi connectivity index (χ0) is 16.7. The van der Waals surface area contributed by atoms with Crippen molar-refractivity contribution < 1.29 is 4.79 Å². The first-order chi connectivity index (χ1) is 10.8. The molecule has 1 aliphatic rings. The first-order valence-corrected chi connectivity index (χ1v) is 8.73. The molecule has 1 heterocycles. The number of hydrogen-bond acceptors (Lipinski definition) is 1. The van der Waals surface area contributed by atoms with Crippen molar-refractivity contribution in [2.75, 3.05) is 6.54 Å². The number of carbonyl (C=O) groups is 1. The maximum absolute atomic E-state index is 12.6. The normalized spacial score (nSPS) is 21.2. The maximum Gasteiger partial charge on any atom is 0.246 e. The highest BCUT2D eigenvalue weighted by molar-refractivity contribution is 9.10. The van der Waals surface area contributed by atoms with E-state index in [0.29, 0.717) is 13.1 Å². The van der Waals surface area contributed by atoms with Crippen LogP contribution in [0.4, 0.5) is 0 Å². The molecule has 0 aromatic heterocycles. The second-order valence-electron chi connectivity index (χ2n) is 7.28. The van der Waals surface area contributed by atoms with E-state index in [9.17, 15) is 4.79 Å². The van der Waals surface area contributed by atoms with Crippen LogP contribution >= 0.6 is 15.9 Å². The third-order valence-corrected chi connectivity index (χ3v) is 5.51. The Balaban J connectivity index is 1.73. The Hall–Kier alpha value is -1.61. The number of likely N-dealkylation sites (tertiary alicyclic amines) is 1. The summed E-state index contributed by atoms with van der Waals surface area (Å²) in [7, 11) is 0. The van der Waals surface area contributed by atoms with Crippen molar-refractivity contribution in [2.45, 2.75) is 37.1 Å². The number of amides is 1. The van der Waals surface area contributed by atoms with Crippen molar-refractivity contribution in [3.8, 4) is 0 Å². The van der Waals surface area contributed by atoms with Crippen LogP contribution in [0.3, 0.4) is 0 Å². The van der Waals surface area contributed by atoms with Gasteiger partial charge in [0.1, 0.15) is 4.32 Å². The lowest BCUT2D eigenvalue weighted by atomic mass is 9.84. The van der Waals surface area contributed by atoms with Gasteiger partial charge in [-0.1, -0.05) is 91.3 Å². The van der Waals surface area contributed by atoms with Gasteiger partial charge >= 0.3 is 0 Å².